The van der Waals surface area contributed by atoms with Gasteiger partial charge in [-0.3, -0.25) is 4.79 Å². The fourth-order valence-corrected chi connectivity index (χ4v) is 2.80. The molecule has 1 amide bonds. The Morgan fingerprint density at radius 1 is 1.16 bits per heavy atom. The summed E-state index contributed by atoms with van der Waals surface area (Å²) in [6.45, 7) is 0.133. The van der Waals surface area contributed by atoms with Gasteiger partial charge in [-0.25, -0.2) is 14.8 Å². The summed E-state index contributed by atoms with van der Waals surface area (Å²) in [6, 6.07) is 5.65. The van der Waals surface area contributed by atoms with Crippen LogP contribution in [0.1, 0.15) is 33.4 Å². The van der Waals surface area contributed by atoms with Crippen molar-refractivity contribution in [3.05, 3.63) is 59.2 Å². The van der Waals surface area contributed by atoms with Crippen molar-refractivity contribution in [2.75, 3.05) is 6.54 Å². The number of rotatable bonds is 2. The molecule has 0 radical (unpaired) electrons. The van der Waals surface area contributed by atoms with Crippen molar-refractivity contribution >= 4 is 11.9 Å². The molecular weight excluding hydrogens is 339 g/mol. The number of carboxylic acid groups (broad SMARTS) is 1. The number of nitrogens with zero attached hydrogens (tertiary/aromatic N) is 3. The van der Waals surface area contributed by atoms with Crippen LogP contribution in [0.5, 0.6) is 0 Å². The van der Waals surface area contributed by atoms with Crippen molar-refractivity contribution in [1.29, 1.82) is 0 Å². The number of aromatic nitrogens is 2. The molecule has 1 aromatic heterocycles. The SMILES string of the molecule is O=C(O)C1c2ccccc2CCN1C(=O)c1cnc(C(F)(F)F)nc1. The monoisotopic (exact) mass is 351 g/mol. The molecule has 2 heterocycles. The molecule has 130 valence electrons. The highest BCUT2D eigenvalue weighted by Crippen LogP contribution is 2.31. The molecule has 0 saturated carbocycles. The van der Waals surface area contributed by atoms with E-state index in [1.54, 1.807) is 24.3 Å². The number of fused-ring (bicyclic) bond motifs is 1. The lowest BCUT2D eigenvalue weighted by atomic mass is 9.92. The Hall–Kier alpha value is -2.97. The second kappa shape index (κ2) is 6.15. The standard InChI is InChI=1S/C16H12F3N3O3/c17-16(18,19)15-20-7-10(8-21-15)13(23)22-6-5-9-3-1-2-4-11(9)12(22)14(24)25/h1-4,7-8,12H,5-6H2,(H,24,25). The van der Waals surface area contributed by atoms with E-state index in [0.29, 0.717) is 12.0 Å². The molecule has 9 heteroatoms. The van der Waals surface area contributed by atoms with Gasteiger partial charge in [0.15, 0.2) is 6.04 Å². The molecule has 0 saturated heterocycles. The van der Waals surface area contributed by atoms with Crippen molar-refractivity contribution in [2.24, 2.45) is 0 Å². The first-order chi connectivity index (χ1) is 11.8. The first-order valence-corrected chi connectivity index (χ1v) is 7.30. The van der Waals surface area contributed by atoms with Crippen LogP contribution in [0.2, 0.25) is 0 Å². The topological polar surface area (TPSA) is 83.4 Å². The second-order valence-electron chi connectivity index (χ2n) is 5.48. The number of carboxylic acids is 1. The highest BCUT2D eigenvalue weighted by atomic mass is 19.4. The van der Waals surface area contributed by atoms with Crippen LogP contribution < -0.4 is 0 Å². The fraction of sp³-hybridized carbons (Fsp3) is 0.250. The number of carbonyl (C=O) groups is 2. The third kappa shape index (κ3) is 3.17. The lowest BCUT2D eigenvalue weighted by molar-refractivity contribution is -0.145. The van der Waals surface area contributed by atoms with Crippen LogP contribution in [0.4, 0.5) is 13.2 Å². The van der Waals surface area contributed by atoms with Gasteiger partial charge in [0.25, 0.3) is 5.91 Å². The van der Waals surface area contributed by atoms with E-state index in [2.05, 4.69) is 9.97 Å². The normalized spacial score (nSPS) is 17.1. The molecule has 3 rings (SSSR count). The second-order valence-corrected chi connectivity index (χ2v) is 5.48. The minimum absolute atomic E-state index is 0.133. The number of benzene rings is 1. The van der Waals surface area contributed by atoms with Crippen LogP contribution in [0, 0.1) is 0 Å². The number of halogens is 3. The van der Waals surface area contributed by atoms with Crippen molar-refractivity contribution in [3.63, 3.8) is 0 Å². The summed E-state index contributed by atoms with van der Waals surface area (Å²) < 4.78 is 37.5. The minimum Gasteiger partial charge on any atom is -0.479 e. The van der Waals surface area contributed by atoms with E-state index in [-0.39, 0.29) is 12.1 Å². The van der Waals surface area contributed by atoms with E-state index in [0.717, 1.165) is 22.9 Å². The molecule has 1 atom stereocenters. The van der Waals surface area contributed by atoms with Crippen LogP contribution in [0.25, 0.3) is 0 Å². The summed E-state index contributed by atoms with van der Waals surface area (Å²) in [6.07, 6.45) is -2.74. The Morgan fingerprint density at radius 3 is 2.40 bits per heavy atom. The van der Waals surface area contributed by atoms with Gasteiger partial charge in [-0.1, -0.05) is 24.3 Å². The Bertz CT molecular complexity index is 821. The summed E-state index contributed by atoms with van der Waals surface area (Å²) in [5.74, 6) is -3.30. The molecule has 0 bridgehead atoms. The first-order valence-electron chi connectivity index (χ1n) is 7.30. The van der Waals surface area contributed by atoms with Crippen LogP contribution in [0.15, 0.2) is 36.7 Å². The van der Waals surface area contributed by atoms with Gasteiger partial charge in [-0.15, -0.1) is 0 Å². The van der Waals surface area contributed by atoms with Crippen molar-refractivity contribution in [1.82, 2.24) is 14.9 Å². The van der Waals surface area contributed by atoms with Gasteiger partial charge in [0.05, 0.1) is 5.56 Å². The zero-order chi connectivity index (χ0) is 18.2. The highest BCUT2D eigenvalue weighted by molar-refractivity contribution is 5.96. The number of aliphatic carboxylic acids is 1. The fourth-order valence-electron chi connectivity index (χ4n) is 2.80. The smallest absolute Gasteiger partial charge is 0.451 e. The van der Waals surface area contributed by atoms with Gasteiger partial charge in [-0.05, 0) is 17.5 Å². The average Bonchev–Trinajstić information content (AvgIpc) is 2.59. The van der Waals surface area contributed by atoms with Gasteiger partial charge >= 0.3 is 12.1 Å². The van der Waals surface area contributed by atoms with Gasteiger partial charge in [-0.2, -0.15) is 13.2 Å². The molecule has 1 aliphatic heterocycles. The van der Waals surface area contributed by atoms with Crippen LogP contribution in [-0.4, -0.2) is 38.4 Å². The van der Waals surface area contributed by atoms with E-state index in [4.69, 9.17) is 0 Å². The first kappa shape index (κ1) is 16.9. The Morgan fingerprint density at radius 2 is 1.80 bits per heavy atom. The molecule has 0 aliphatic carbocycles. The molecule has 6 nitrogen and oxygen atoms in total. The zero-order valence-electron chi connectivity index (χ0n) is 12.7. The number of amides is 1. The van der Waals surface area contributed by atoms with Crippen LogP contribution in [0.3, 0.4) is 0 Å². The third-order valence-electron chi connectivity index (χ3n) is 3.93. The molecule has 1 aromatic carbocycles. The summed E-state index contributed by atoms with van der Waals surface area (Å²) >= 11 is 0. The van der Waals surface area contributed by atoms with E-state index >= 15 is 0 Å². The maximum atomic E-state index is 12.6. The molecule has 25 heavy (non-hydrogen) atoms. The van der Waals surface area contributed by atoms with Crippen molar-refractivity contribution in [2.45, 2.75) is 18.6 Å². The van der Waals surface area contributed by atoms with E-state index in [9.17, 15) is 27.9 Å². The number of alkyl halides is 3. The highest BCUT2D eigenvalue weighted by Gasteiger charge is 2.37. The van der Waals surface area contributed by atoms with Crippen LogP contribution >= 0.6 is 0 Å². The van der Waals surface area contributed by atoms with Crippen molar-refractivity contribution in [3.8, 4) is 0 Å². The predicted molar refractivity (Wildman–Crippen MR) is 78.6 cm³/mol. The minimum atomic E-state index is -4.71. The summed E-state index contributed by atoms with van der Waals surface area (Å²) in [4.78, 5) is 31.7. The van der Waals surface area contributed by atoms with Crippen molar-refractivity contribution < 1.29 is 27.9 Å². The Balaban J connectivity index is 1.93. The summed E-state index contributed by atoms with van der Waals surface area (Å²) in [5, 5.41) is 9.53. The lowest BCUT2D eigenvalue weighted by Crippen LogP contribution is -2.43. The zero-order valence-corrected chi connectivity index (χ0v) is 12.7. The third-order valence-corrected chi connectivity index (χ3v) is 3.93. The quantitative estimate of drug-likeness (QED) is 0.898. The summed E-state index contributed by atoms with van der Waals surface area (Å²) in [5.41, 5.74) is 1.11. The van der Waals surface area contributed by atoms with Gasteiger partial charge in [0.2, 0.25) is 5.82 Å². The van der Waals surface area contributed by atoms with Gasteiger partial charge in [0.1, 0.15) is 0 Å². The molecule has 1 unspecified atom stereocenters. The van der Waals surface area contributed by atoms with Gasteiger partial charge < -0.3 is 10.0 Å². The number of hydrogen-bond donors (Lipinski definition) is 1. The number of carbonyl (C=O) groups excluding carboxylic acids is 1. The van der Waals surface area contributed by atoms with E-state index in [1.807, 2.05) is 0 Å². The predicted octanol–water partition coefficient (Wildman–Crippen LogP) is 2.32. The maximum Gasteiger partial charge on any atom is 0.451 e. The molecule has 1 aliphatic rings. The average molecular weight is 351 g/mol. The number of hydrogen-bond acceptors (Lipinski definition) is 4. The lowest BCUT2D eigenvalue weighted by Gasteiger charge is -2.34. The Kier molecular flexibility index (Phi) is 4.15. The van der Waals surface area contributed by atoms with Gasteiger partial charge in [0, 0.05) is 18.9 Å². The Labute approximate surface area is 139 Å². The van der Waals surface area contributed by atoms with Crippen LogP contribution in [-0.2, 0) is 17.4 Å². The molecule has 0 spiro atoms. The summed E-state index contributed by atoms with van der Waals surface area (Å²) in [7, 11) is 0. The molecule has 0 fully saturated rings. The largest absolute Gasteiger partial charge is 0.479 e. The molecular formula is C16H12F3N3O3. The van der Waals surface area contributed by atoms with E-state index in [1.165, 1.54) is 0 Å². The molecule has 2 aromatic rings. The molecule has 1 N–H and O–H groups in total. The maximum absolute atomic E-state index is 12.6. The van der Waals surface area contributed by atoms with E-state index < -0.39 is 29.9 Å².